The number of carboxylic acids is 1. The molecule has 0 spiro atoms. The molecule has 2 heterocycles. The Hall–Kier alpha value is -1.91. The summed E-state index contributed by atoms with van der Waals surface area (Å²) in [6, 6.07) is 9.08. The van der Waals surface area contributed by atoms with Crippen LogP contribution in [-0.2, 0) is 4.79 Å². The van der Waals surface area contributed by atoms with Gasteiger partial charge in [-0.15, -0.1) is 0 Å². The average molecular weight is 589 g/mol. The predicted octanol–water partition coefficient (Wildman–Crippen LogP) is 5.34. The second kappa shape index (κ2) is 14.5. The monoisotopic (exact) mass is 587 g/mol. The Morgan fingerprint density at radius 3 is 2.26 bits per heavy atom. The highest BCUT2D eigenvalue weighted by atomic mass is 35.5. The maximum Gasteiger partial charge on any atom is 0.300 e. The van der Waals surface area contributed by atoms with Gasteiger partial charge >= 0.3 is 0 Å². The van der Waals surface area contributed by atoms with E-state index in [1.807, 2.05) is 23.9 Å². The van der Waals surface area contributed by atoms with Gasteiger partial charge < -0.3 is 14.9 Å². The number of likely N-dealkylation sites (N-methyl/N-ethyl adjacent to an activating group) is 1. The van der Waals surface area contributed by atoms with E-state index in [-0.39, 0.29) is 11.5 Å². The molecule has 38 heavy (non-hydrogen) atoms. The molecule has 0 unspecified atom stereocenters. The zero-order valence-electron chi connectivity index (χ0n) is 21.5. The lowest BCUT2D eigenvalue weighted by molar-refractivity contribution is -0.134. The van der Waals surface area contributed by atoms with Crippen molar-refractivity contribution in [1.29, 1.82) is 0 Å². The summed E-state index contributed by atoms with van der Waals surface area (Å²) in [6.07, 6.45) is 0.829. The summed E-state index contributed by atoms with van der Waals surface area (Å²) in [7, 11) is 1.66. The summed E-state index contributed by atoms with van der Waals surface area (Å²) in [5.41, 5.74) is 0.989. The largest absolute Gasteiger partial charge is 0.481 e. The number of hydrogen-bond donors (Lipinski definition) is 1. The first kappa shape index (κ1) is 30.6. The maximum atomic E-state index is 13.6. The van der Waals surface area contributed by atoms with Gasteiger partial charge in [-0.2, -0.15) is 11.8 Å². The van der Waals surface area contributed by atoms with Gasteiger partial charge in [0, 0.05) is 81.8 Å². The van der Waals surface area contributed by atoms with Crippen LogP contribution in [0.3, 0.4) is 0 Å². The number of carbonyl (C=O) groups excluding carboxylic acids is 1. The van der Waals surface area contributed by atoms with Gasteiger partial charge in [0.15, 0.2) is 0 Å². The third-order valence-corrected chi connectivity index (χ3v) is 8.34. The molecule has 0 saturated carbocycles. The van der Waals surface area contributed by atoms with Crippen molar-refractivity contribution in [1.82, 2.24) is 14.7 Å². The van der Waals surface area contributed by atoms with E-state index in [0.29, 0.717) is 22.6 Å². The first-order chi connectivity index (χ1) is 18.0. The van der Waals surface area contributed by atoms with E-state index >= 15 is 0 Å². The summed E-state index contributed by atoms with van der Waals surface area (Å²) in [6.45, 7) is 6.85. The molecule has 1 atom stereocenters. The molecule has 11 heteroatoms. The Kier molecular flexibility index (Phi) is 11.7. The molecule has 2 saturated heterocycles. The van der Waals surface area contributed by atoms with Crippen LogP contribution in [0, 0.1) is 11.6 Å². The summed E-state index contributed by atoms with van der Waals surface area (Å²) in [4.78, 5) is 28.4. The number of likely N-dealkylation sites (tertiary alicyclic amines) is 1. The van der Waals surface area contributed by atoms with Crippen molar-refractivity contribution in [2.75, 3.05) is 57.8 Å². The lowest BCUT2D eigenvalue weighted by atomic mass is 9.93. The average Bonchev–Trinajstić information content (AvgIpc) is 2.83. The van der Waals surface area contributed by atoms with Gasteiger partial charge in [0.05, 0.1) is 10.0 Å². The molecule has 1 N–H and O–H groups in total. The zero-order chi connectivity index (χ0) is 27.8. The van der Waals surface area contributed by atoms with Gasteiger partial charge in [0.25, 0.3) is 11.9 Å². The van der Waals surface area contributed by atoms with Crippen molar-refractivity contribution < 1.29 is 23.5 Å². The number of hydrogen-bond acceptors (Lipinski definition) is 5. The second-order valence-corrected chi connectivity index (χ2v) is 11.6. The minimum absolute atomic E-state index is 0.00170. The Labute approximate surface area is 236 Å². The van der Waals surface area contributed by atoms with E-state index in [2.05, 4.69) is 9.80 Å². The predicted molar refractivity (Wildman–Crippen MR) is 150 cm³/mol. The quantitative estimate of drug-likeness (QED) is 0.449. The third-order valence-electron chi connectivity index (χ3n) is 6.66. The van der Waals surface area contributed by atoms with Crippen molar-refractivity contribution in [3.63, 3.8) is 0 Å². The molecule has 2 aromatic carbocycles. The Morgan fingerprint density at radius 1 is 1.08 bits per heavy atom. The highest BCUT2D eigenvalue weighted by Crippen LogP contribution is 2.30. The highest BCUT2D eigenvalue weighted by Gasteiger charge is 2.32. The van der Waals surface area contributed by atoms with Gasteiger partial charge in [-0.25, -0.2) is 8.78 Å². The van der Waals surface area contributed by atoms with Crippen LogP contribution in [0.2, 0.25) is 10.0 Å². The fourth-order valence-corrected chi connectivity index (χ4v) is 5.92. The molecule has 1 amide bonds. The number of halogens is 4. The number of rotatable bonds is 8. The van der Waals surface area contributed by atoms with Crippen molar-refractivity contribution in [2.45, 2.75) is 25.3 Å². The molecule has 208 valence electrons. The molecule has 0 bridgehead atoms. The van der Waals surface area contributed by atoms with Gasteiger partial charge in [-0.3, -0.25) is 14.5 Å². The van der Waals surface area contributed by atoms with E-state index in [9.17, 15) is 13.6 Å². The number of carboxylic acid groups (broad SMARTS) is 1. The van der Waals surface area contributed by atoms with E-state index in [0.717, 1.165) is 56.7 Å². The highest BCUT2D eigenvalue weighted by molar-refractivity contribution is 7.99. The minimum atomic E-state index is -0.833. The lowest BCUT2D eigenvalue weighted by Crippen LogP contribution is -2.61. The van der Waals surface area contributed by atoms with Crippen LogP contribution in [0.1, 0.15) is 35.2 Å². The molecule has 0 aromatic heterocycles. The topological polar surface area (TPSA) is 64.1 Å². The van der Waals surface area contributed by atoms with Crippen LogP contribution >= 0.6 is 35.0 Å². The molecule has 2 aliphatic rings. The first-order valence-corrected chi connectivity index (χ1v) is 14.3. The normalized spacial score (nSPS) is 17.2. The van der Waals surface area contributed by atoms with E-state index in [1.54, 1.807) is 13.1 Å². The smallest absolute Gasteiger partial charge is 0.300 e. The lowest BCUT2D eigenvalue weighted by Gasteiger charge is -2.47. The Balaban J connectivity index is 0.000000934. The molecular formula is C27H33Cl2F2N3O3S. The fraction of sp³-hybridized carbons (Fsp3) is 0.481. The molecule has 4 rings (SSSR count). The van der Waals surface area contributed by atoms with Crippen molar-refractivity contribution >= 4 is 46.8 Å². The molecule has 6 nitrogen and oxygen atoms in total. The second-order valence-electron chi connectivity index (χ2n) is 9.58. The summed E-state index contributed by atoms with van der Waals surface area (Å²) in [5, 5.41) is 8.37. The molecule has 2 aliphatic heterocycles. The summed E-state index contributed by atoms with van der Waals surface area (Å²) in [5.74, 6) is -0.352. The van der Waals surface area contributed by atoms with Gasteiger partial charge in [-0.05, 0) is 42.8 Å². The molecule has 0 aliphatic carbocycles. The van der Waals surface area contributed by atoms with Crippen molar-refractivity contribution in [3.8, 4) is 0 Å². The standard InChI is InChI=1S/C25H29Cl2F2N3OS.C2H4O2/c1-30(25(33)19-10-20(28)13-21(29)11-19)14-18(17-2-3-23(26)24(27)12-17)4-5-31-15-22(16-31)32-6-8-34-9-7-32;1-2(3)4/h2-3,10-13,18,22H,4-9,14-16H2,1H3;1H3,(H,3,4)/t18-;/m1./s1. The van der Waals surface area contributed by atoms with Crippen molar-refractivity contribution in [3.05, 3.63) is 69.2 Å². The van der Waals surface area contributed by atoms with Gasteiger partial charge in [-0.1, -0.05) is 29.3 Å². The van der Waals surface area contributed by atoms with Crippen LogP contribution in [0.25, 0.3) is 0 Å². The summed E-state index contributed by atoms with van der Waals surface area (Å²) < 4.78 is 27.3. The van der Waals surface area contributed by atoms with E-state index in [1.165, 1.54) is 29.5 Å². The van der Waals surface area contributed by atoms with Crippen molar-refractivity contribution in [2.24, 2.45) is 0 Å². The molecule has 2 fully saturated rings. The van der Waals surface area contributed by atoms with Crippen LogP contribution in [0.4, 0.5) is 8.78 Å². The van der Waals surface area contributed by atoms with Gasteiger partial charge in [0.2, 0.25) is 0 Å². The third kappa shape index (κ3) is 9.09. The molecule has 2 aromatic rings. The fourth-order valence-electron chi connectivity index (χ4n) is 4.68. The van der Waals surface area contributed by atoms with Crippen LogP contribution in [-0.4, -0.2) is 95.5 Å². The van der Waals surface area contributed by atoms with Gasteiger partial charge in [0.1, 0.15) is 11.6 Å². The zero-order valence-corrected chi connectivity index (χ0v) is 23.8. The number of thioether (sulfide) groups is 1. The Bertz CT molecular complexity index is 1090. The van der Waals surface area contributed by atoms with E-state index < -0.39 is 23.5 Å². The number of nitrogens with zero attached hydrogens (tertiary/aromatic N) is 3. The van der Waals surface area contributed by atoms with E-state index in [4.69, 9.17) is 33.1 Å². The van der Waals surface area contributed by atoms with Crippen LogP contribution < -0.4 is 0 Å². The molecular weight excluding hydrogens is 555 g/mol. The summed E-state index contributed by atoms with van der Waals surface area (Å²) >= 11 is 14.4. The molecule has 0 radical (unpaired) electrons. The number of carbonyl (C=O) groups is 2. The van der Waals surface area contributed by atoms with Crippen LogP contribution in [0.5, 0.6) is 0 Å². The Morgan fingerprint density at radius 2 is 1.68 bits per heavy atom. The SMILES string of the molecule is CC(=O)O.CN(C[C@@H](CCN1CC(N2CCSCC2)C1)c1ccc(Cl)c(Cl)c1)C(=O)c1cc(F)cc(F)c1. The van der Waals surface area contributed by atoms with Crippen LogP contribution in [0.15, 0.2) is 36.4 Å². The minimum Gasteiger partial charge on any atom is -0.481 e. The maximum absolute atomic E-state index is 13.6. The first-order valence-electron chi connectivity index (χ1n) is 12.4. The number of benzene rings is 2. The number of aliphatic carboxylic acids is 1. The number of amides is 1.